The van der Waals surface area contributed by atoms with Crippen LogP contribution in [0, 0.1) is 51.8 Å². The van der Waals surface area contributed by atoms with E-state index in [-0.39, 0.29) is 47.6 Å². The monoisotopic (exact) mass is 1070 g/mol. The molecule has 0 unspecified atom stereocenters. The fraction of sp³-hybridized carbons (Fsp3) is 0.639. The lowest BCUT2D eigenvalue weighted by Crippen LogP contribution is -2.77. The summed E-state index contributed by atoms with van der Waals surface area (Å²) in [5.41, 5.74) is 5.46. The number of aliphatic hydroxyl groups excluding tert-OH is 2. The first kappa shape index (κ1) is 54.0. The van der Waals surface area contributed by atoms with Crippen molar-refractivity contribution in [2.45, 2.75) is 228 Å². The van der Waals surface area contributed by atoms with Gasteiger partial charge in [0.25, 0.3) is 0 Å². The predicted octanol–water partition coefficient (Wildman–Crippen LogP) is 15.3. The minimum absolute atomic E-state index is 0.125. The molecule has 0 aromatic heterocycles. The Labute approximate surface area is 472 Å². The van der Waals surface area contributed by atoms with Gasteiger partial charge in [0, 0.05) is 17.4 Å². The Morgan fingerprint density at radius 3 is 2.33 bits per heavy atom. The van der Waals surface area contributed by atoms with Gasteiger partial charge in [0.2, 0.25) is 0 Å². The first-order chi connectivity index (χ1) is 38.3. The third-order valence-corrected chi connectivity index (χ3v) is 24.9. The van der Waals surface area contributed by atoms with Gasteiger partial charge in [-0.2, -0.15) is 0 Å². The second-order valence-corrected chi connectivity index (χ2v) is 28.4. The van der Waals surface area contributed by atoms with Crippen LogP contribution in [-0.4, -0.2) is 57.8 Å². The number of aliphatic hydroxyl groups is 3. The summed E-state index contributed by atoms with van der Waals surface area (Å²) in [7, 11) is 0. The largest absolute Gasteiger partial charge is 0.462 e. The van der Waals surface area contributed by atoms with Crippen LogP contribution < -0.4 is 0 Å². The van der Waals surface area contributed by atoms with E-state index in [9.17, 15) is 24.9 Å². The van der Waals surface area contributed by atoms with E-state index < -0.39 is 46.6 Å². The van der Waals surface area contributed by atoms with Crippen LogP contribution in [0.2, 0.25) is 0 Å². The van der Waals surface area contributed by atoms with Crippen LogP contribution >= 0.6 is 0 Å². The third-order valence-electron chi connectivity index (χ3n) is 24.9. The van der Waals surface area contributed by atoms with E-state index >= 15 is 0 Å². The van der Waals surface area contributed by atoms with Crippen molar-refractivity contribution in [2.75, 3.05) is 6.61 Å². The number of rotatable bonds is 15. The Morgan fingerprint density at radius 2 is 1.54 bits per heavy atom. The number of ether oxygens (including phenoxy) is 2. The average Bonchev–Trinajstić information content (AvgIpc) is 3.35. The fourth-order valence-electron chi connectivity index (χ4n) is 21.3. The van der Waals surface area contributed by atoms with Gasteiger partial charge in [-0.1, -0.05) is 150 Å². The van der Waals surface area contributed by atoms with E-state index in [1.807, 2.05) is 0 Å². The number of esters is 2. The molecule has 422 valence electrons. The number of carbonyl (C=O) groups excluding carboxylic acids is 2. The Bertz CT molecular complexity index is 2910. The summed E-state index contributed by atoms with van der Waals surface area (Å²) >= 11 is 0. The molecule has 1 spiro atoms. The number of aryl methyl sites for hydroxylation is 1. The van der Waals surface area contributed by atoms with Gasteiger partial charge in [0.15, 0.2) is 0 Å². The quantitative estimate of drug-likeness (QED) is 0.102. The van der Waals surface area contributed by atoms with Crippen LogP contribution in [0.5, 0.6) is 0 Å². The van der Waals surface area contributed by atoms with Crippen LogP contribution in [0.1, 0.15) is 220 Å². The van der Waals surface area contributed by atoms with Gasteiger partial charge >= 0.3 is 11.9 Å². The number of hydrogen-bond acceptors (Lipinski definition) is 7. The molecule has 7 nitrogen and oxygen atoms in total. The molecule has 79 heavy (non-hydrogen) atoms. The first-order valence-electron chi connectivity index (χ1n) is 32.1. The van der Waals surface area contributed by atoms with Crippen molar-refractivity contribution in [3.05, 3.63) is 130 Å². The van der Waals surface area contributed by atoms with Crippen molar-refractivity contribution < 1.29 is 34.4 Å². The number of benzene rings is 4. The Hall–Kier alpha value is -4.30. The van der Waals surface area contributed by atoms with Crippen LogP contribution in [0.15, 0.2) is 103 Å². The summed E-state index contributed by atoms with van der Waals surface area (Å²) in [6.45, 7) is 7.05. The zero-order valence-electron chi connectivity index (χ0n) is 48.0. The van der Waals surface area contributed by atoms with Crippen LogP contribution in [0.25, 0.3) is 10.8 Å². The van der Waals surface area contributed by atoms with Crippen molar-refractivity contribution >= 4 is 22.7 Å². The zero-order valence-corrected chi connectivity index (χ0v) is 48.0. The van der Waals surface area contributed by atoms with Gasteiger partial charge in [-0.15, -0.1) is 0 Å². The second-order valence-electron chi connectivity index (χ2n) is 28.4. The molecule has 8 aliphatic carbocycles. The average molecular weight is 1070 g/mol. The summed E-state index contributed by atoms with van der Waals surface area (Å²) in [5.74, 6) is 0.928. The normalized spacial score (nSPS) is 38.4. The summed E-state index contributed by atoms with van der Waals surface area (Å²) in [5, 5.41) is 44.4. The highest BCUT2D eigenvalue weighted by Crippen LogP contribution is 2.77. The van der Waals surface area contributed by atoms with Crippen molar-refractivity contribution in [2.24, 2.45) is 51.8 Å². The van der Waals surface area contributed by atoms with Gasteiger partial charge in [0.1, 0.15) is 12.7 Å². The summed E-state index contributed by atoms with van der Waals surface area (Å²) in [6.07, 6.45) is 22.4. The van der Waals surface area contributed by atoms with Crippen LogP contribution in [-0.2, 0) is 30.9 Å². The van der Waals surface area contributed by atoms with Gasteiger partial charge in [-0.3, -0.25) is 4.79 Å². The van der Waals surface area contributed by atoms with Gasteiger partial charge in [0.05, 0.1) is 29.1 Å². The molecule has 0 bridgehead atoms. The Balaban J connectivity index is 0.907. The molecule has 4 aromatic rings. The van der Waals surface area contributed by atoms with Crippen molar-refractivity contribution in [3.63, 3.8) is 0 Å². The van der Waals surface area contributed by atoms with E-state index in [1.165, 1.54) is 55.9 Å². The molecule has 6 saturated carbocycles. The smallest absolute Gasteiger partial charge is 0.331 e. The number of cyclic esters (lactones) is 1. The lowest BCUT2D eigenvalue weighted by atomic mass is 9.36. The maximum absolute atomic E-state index is 14.9. The first-order valence-corrected chi connectivity index (χ1v) is 32.1. The van der Waals surface area contributed by atoms with Crippen molar-refractivity contribution in [1.29, 1.82) is 0 Å². The summed E-state index contributed by atoms with van der Waals surface area (Å²) in [4.78, 5) is 27.4. The maximum atomic E-state index is 14.9. The molecular weight excluding hydrogens is 977 g/mol. The number of fused-ring (bicyclic) bond motifs is 4. The molecule has 0 amide bonds. The highest BCUT2D eigenvalue weighted by molar-refractivity contribution is 5.93. The summed E-state index contributed by atoms with van der Waals surface area (Å²) < 4.78 is 12.6. The van der Waals surface area contributed by atoms with E-state index in [2.05, 4.69) is 112 Å². The molecule has 1 aliphatic heterocycles. The standard InChI is InChI=1S/C72H92O7/c1-46(17-15-20-48-18-7-4-8-19-48)28-31-60(73)72-61(74)35-37-68(3,66(72)59(79-67(76)51-21-9-5-10-22-51)41-47(2)71(72,77)40-32-49-42-62(75)78-45-49)54-34-39-69-38-33-52-44-70(53-24-11-6-12-25-53)36-14-13-27-57(70)56-30-29-50-23-16-26-55(58(69)43-54)63(50)64(56)65(52)69/h4,6-8,11-12,16,18-19,23-26,29-30,42,46-47,51-52,54,57-61,65-66,73-74,77H,5,9-10,13-15,17,20-22,27-28,31-41,43-45H2,1-3H3/t46-,47-,52-,54+,57-,58+,59-,60+,61+,65-,66+,68+,69+,70+,71-,72+/m1/s1. The Morgan fingerprint density at radius 1 is 0.772 bits per heavy atom. The van der Waals surface area contributed by atoms with E-state index in [4.69, 9.17) is 9.47 Å². The third kappa shape index (κ3) is 8.70. The molecule has 1 heterocycles. The fourth-order valence-corrected chi connectivity index (χ4v) is 21.3. The van der Waals surface area contributed by atoms with Gasteiger partial charge < -0.3 is 24.8 Å². The molecule has 6 fully saturated rings. The van der Waals surface area contributed by atoms with Crippen LogP contribution in [0.4, 0.5) is 0 Å². The molecule has 3 N–H and O–H groups in total. The molecule has 4 aromatic carbocycles. The maximum Gasteiger partial charge on any atom is 0.331 e. The van der Waals surface area contributed by atoms with E-state index in [0.717, 1.165) is 89.0 Å². The highest BCUT2D eigenvalue weighted by atomic mass is 16.5. The molecule has 16 atom stereocenters. The second kappa shape index (κ2) is 21.2. The zero-order chi connectivity index (χ0) is 54.3. The summed E-state index contributed by atoms with van der Waals surface area (Å²) in [6, 6.07) is 34.7. The lowest BCUT2D eigenvalue weighted by molar-refractivity contribution is -0.328. The molecule has 7 heteroatoms. The predicted molar refractivity (Wildman–Crippen MR) is 312 cm³/mol. The minimum Gasteiger partial charge on any atom is -0.462 e. The van der Waals surface area contributed by atoms with Gasteiger partial charge in [-0.05, 0) is 218 Å². The molecule has 13 rings (SSSR count). The molecular formula is C72H92O7. The topological polar surface area (TPSA) is 113 Å². The lowest BCUT2D eigenvalue weighted by Gasteiger charge is -2.71. The highest BCUT2D eigenvalue weighted by Gasteiger charge is 2.75. The van der Waals surface area contributed by atoms with Gasteiger partial charge in [-0.25, -0.2) is 4.79 Å². The minimum atomic E-state index is -1.54. The molecule has 0 saturated heterocycles. The van der Waals surface area contributed by atoms with Crippen LogP contribution in [0.3, 0.4) is 0 Å². The molecule has 0 radical (unpaired) electrons. The number of carbonyl (C=O) groups is 2. The van der Waals surface area contributed by atoms with Crippen molar-refractivity contribution in [3.8, 4) is 0 Å². The number of hydrogen-bond donors (Lipinski definition) is 3. The van der Waals surface area contributed by atoms with Crippen molar-refractivity contribution in [1.82, 2.24) is 0 Å². The SMILES string of the molecule is C[C@H](CCCc1ccccc1)CC[C@H](O)[C@]12[C@@H](O)CC[C@@](C)([C@H]3CC[C@]45CC[C@@H]6C[C@]7(c8ccccc8)CCCC[C@@H]7c7ccc8cccc(c8c7[C@@H]64)[C@@H]5C3)[C@@H]1[C@H](OC(=O)C1CCCCC1)C[C@@H](C)[C@]2(O)CCC1=CC(=O)OC1. The molecule has 9 aliphatic rings. The van der Waals surface area contributed by atoms with E-state index in [0.29, 0.717) is 55.3 Å². The Kier molecular flexibility index (Phi) is 14.5. The van der Waals surface area contributed by atoms with E-state index in [1.54, 1.807) is 33.7 Å².